The quantitative estimate of drug-likeness (QED) is 0.717. The second-order valence-electron chi connectivity index (χ2n) is 6.78. The van der Waals surface area contributed by atoms with Gasteiger partial charge in [0.1, 0.15) is 5.75 Å². The summed E-state index contributed by atoms with van der Waals surface area (Å²) in [7, 11) is 1.55. The molecule has 1 N–H and O–H groups in total. The van der Waals surface area contributed by atoms with E-state index in [1.807, 2.05) is 36.4 Å². The lowest BCUT2D eigenvalue weighted by Crippen LogP contribution is -2.28. The molecule has 1 aliphatic heterocycles. The van der Waals surface area contributed by atoms with Crippen molar-refractivity contribution in [2.24, 2.45) is 5.92 Å². The minimum atomic E-state index is -0.455. The molecule has 0 unspecified atom stereocenters. The van der Waals surface area contributed by atoms with Crippen molar-refractivity contribution in [1.82, 2.24) is 10.1 Å². The van der Waals surface area contributed by atoms with Crippen LogP contribution in [0.3, 0.4) is 0 Å². The maximum Gasteiger partial charge on any atom is 0.229 e. The molecule has 8 heteroatoms. The Kier molecular flexibility index (Phi) is 4.99. The van der Waals surface area contributed by atoms with Crippen LogP contribution < -0.4 is 15.0 Å². The van der Waals surface area contributed by atoms with E-state index in [1.54, 1.807) is 31.1 Å². The summed E-state index contributed by atoms with van der Waals surface area (Å²) >= 11 is 0. The van der Waals surface area contributed by atoms with Gasteiger partial charge >= 0.3 is 0 Å². The maximum atomic E-state index is 12.7. The fourth-order valence-corrected chi connectivity index (χ4v) is 3.34. The highest BCUT2D eigenvalue weighted by atomic mass is 16.5. The largest absolute Gasteiger partial charge is 0.495 e. The number of hydrogen-bond acceptors (Lipinski definition) is 6. The number of nitrogens with zero attached hydrogens (tertiary/aromatic N) is 3. The van der Waals surface area contributed by atoms with Gasteiger partial charge in [-0.25, -0.2) is 0 Å². The summed E-state index contributed by atoms with van der Waals surface area (Å²) in [4.78, 5) is 31.1. The average molecular weight is 392 g/mol. The van der Waals surface area contributed by atoms with Crippen molar-refractivity contribution in [1.29, 1.82) is 0 Å². The Morgan fingerprint density at radius 2 is 2.07 bits per heavy atom. The number of rotatable bonds is 5. The van der Waals surface area contributed by atoms with Crippen molar-refractivity contribution < 1.29 is 18.8 Å². The van der Waals surface area contributed by atoms with E-state index in [9.17, 15) is 9.59 Å². The monoisotopic (exact) mass is 392 g/mol. The van der Waals surface area contributed by atoms with Gasteiger partial charge in [0.15, 0.2) is 0 Å². The molecule has 148 valence electrons. The molecular weight excluding hydrogens is 372 g/mol. The average Bonchev–Trinajstić information content (AvgIpc) is 3.34. The Hall–Kier alpha value is -3.68. The number of benzene rings is 2. The van der Waals surface area contributed by atoms with Crippen LogP contribution >= 0.6 is 0 Å². The van der Waals surface area contributed by atoms with Crippen molar-refractivity contribution >= 4 is 23.2 Å². The summed E-state index contributed by atoms with van der Waals surface area (Å²) in [5.74, 6) is 0.729. The number of amides is 2. The van der Waals surface area contributed by atoms with Crippen LogP contribution in [-0.4, -0.2) is 35.6 Å². The summed E-state index contributed by atoms with van der Waals surface area (Å²) < 4.78 is 10.3. The molecule has 3 aromatic rings. The molecule has 1 fully saturated rings. The second-order valence-corrected chi connectivity index (χ2v) is 6.78. The minimum absolute atomic E-state index is 0.105. The number of carbonyl (C=O) groups excluding carboxylic acids is 2. The minimum Gasteiger partial charge on any atom is -0.495 e. The first-order valence-electron chi connectivity index (χ1n) is 9.20. The Bertz CT molecular complexity index is 1060. The Morgan fingerprint density at radius 1 is 1.24 bits per heavy atom. The van der Waals surface area contributed by atoms with Crippen LogP contribution in [-0.2, 0) is 9.59 Å². The highest BCUT2D eigenvalue weighted by Gasteiger charge is 2.35. The van der Waals surface area contributed by atoms with Gasteiger partial charge in [-0.05, 0) is 24.3 Å². The number of para-hydroxylation sites is 2. The first-order chi connectivity index (χ1) is 14.0. The Labute approximate surface area is 167 Å². The van der Waals surface area contributed by atoms with Gasteiger partial charge in [0.2, 0.25) is 23.5 Å². The third-order valence-electron chi connectivity index (χ3n) is 4.80. The highest BCUT2D eigenvalue weighted by molar-refractivity contribution is 6.04. The fourth-order valence-electron chi connectivity index (χ4n) is 3.34. The topological polar surface area (TPSA) is 97.6 Å². The van der Waals surface area contributed by atoms with Crippen LogP contribution in [0.1, 0.15) is 12.3 Å². The molecule has 1 saturated heterocycles. The molecule has 0 bridgehead atoms. The zero-order valence-corrected chi connectivity index (χ0v) is 16.1. The number of carbonyl (C=O) groups is 2. The molecule has 0 radical (unpaired) electrons. The maximum absolute atomic E-state index is 12.7. The first kappa shape index (κ1) is 18.7. The molecule has 0 aliphatic carbocycles. The van der Waals surface area contributed by atoms with E-state index in [0.717, 1.165) is 5.56 Å². The zero-order chi connectivity index (χ0) is 20.4. The van der Waals surface area contributed by atoms with Gasteiger partial charge in [0.05, 0.1) is 18.7 Å². The van der Waals surface area contributed by atoms with E-state index in [2.05, 4.69) is 15.5 Å². The summed E-state index contributed by atoms with van der Waals surface area (Å²) in [6.07, 6.45) is 0.145. The number of hydrogen-bond donors (Lipinski definition) is 1. The lowest BCUT2D eigenvalue weighted by atomic mass is 10.1. The third kappa shape index (κ3) is 3.82. The number of ether oxygens (including phenoxy) is 1. The van der Waals surface area contributed by atoms with E-state index in [-0.39, 0.29) is 18.2 Å². The molecule has 1 atom stereocenters. The van der Waals surface area contributed by atoms with Crippen LogP contribution in [0.5, 0.6) is 5.75 Å². The fraction of sp³-hybridized carbons (Fsp3) is 0.238. The molecule has 2 amide bonds. The number of aromatic nitrogens is 2. The highest BCUT2D eigenvalue weighted by Crippen LogP contribution is 2.30. The van der Waals surface area contributed by atoms with Crippen LogP contribution in [0.15, 0.2) is 53.1 Å². The van der Waals surface area contributed by atoms with Gasteiger partial charge < -0.3 is 19.5 Å². The smallest absolute Gasteiger partial charge is 0.229 e. The van der Waals surface area contributed by atoms with Crippen molar-refractivity contribution in [2.45, 2.75) is 13.3 Å². The predicted molar refractivity (Wildman–Crippen MR) is 107 cm³/mol. The summed E-state index contributed by atoms with van der Waals surface area (Å²) in [5.41, 5.74) is 2.02. The number of anilines is 2. The van der Waals surface area contributed by atoms with Crippen LogP contribution in [0.25, 0.3) is 11.4 Å². The van der Waals surface area contributed by atoms with Gasteiger partial charge in [-0.3, -0.25) is 9.59 Å². The molecular formula is C21H20N4O4. The summed E-state index contributed by atoms with van der Waals surface area (Å²) in [6, 6.07) is 14.5. The number of methoxy groups -OCH3 is 1. The van der Waals surface area contributed by atoms with Gasteiger partial charge in [0.25, 0.3) is 0 Å². The van der Waals surface area contributed by atoms with Crippen LogP contribution in [0.4, 0.5) is 11.4 Å². The van der Waals surface area contributed by atoms with Gasteiger partial charge in [-0.1, -0.05) is 29.4 Å². The molecule has 1 aromatic heterocycles. The van der Waals surface area contributed by atoms with E-state index in [4.69, 9.17) is 9.26 Å². The standard InChI is InChI=1S/C21H20N4O4/c1-13-22-20(24-29-13)14-6-5-7-16(10-14)25-12-15(11-19(25)26)21(27)23-17-8-3-4-9-18(17)28-2/h3-10,15H,11-12H2,1-2H3,(H,23,27)/t15-/m0/s1. The van der Waals surface area contributed by atoms with E-state index in [0.29, 0.717) is 35.4 Å². The molecule has 1 aliphatic rings. The van der Waals surface area contributed by atoms with Crippen LogP contribution in [0.2, 0.25) is 0 Å². The van der Waals surface area contributed by atoms with E-state index < -0.39 is 5.92 Å². The van der Waals surface area contributed by atoms with Crippen LogP contribution in [0, 0.1) is 12.8 Å². The SMILES string of the molecule is COc1ccccc1NC(=O)[C@H]1CC(=O)N(c2cccc(-c3noc(C)n3)c2)C1. The van der Waals surface area contributed by atoms with E-state index >= 15 is 0 Å². The van der Waals surface area contributed by atoms with Crippen molar-refractivity contribution in [3.63, 3.8) is 0 Å². The molecule has 8 nitrogen and oxygen atoms in total. The molecule has 2 heterocycles. The van der Waals surface area contributed by atoms with Gasteiger partial charge in [-0.15, -0.1) is 0 Å². The first-order valence-corrected chi connectivity index (χ1v) is 9.20. The molecule has 0 saturated carbocycles. The molecule has 2 aromatic carbocycles. The zero-order valence-electron chi connectivity index (χ0n) is 16.1. The third-order valence-corrected chi connectivity index (χ3v) is 4.80. The van der Waals surface area contributed by atoms with Gasteiger partial charge in [0, 0.05) is 31.1 Å². The van der Waals surface area contributed by atoms with Crippen molar-refractivity contribution in [3.05, 3.63) is 54.4 Å². The molecule has 4 rings (SSSR count). The second kappa shape index (κ2) is 7.75. The number of aryl methyl sites for hydroxylation is 1. The summed E-state index contributed by atoms with van der Waals surface area (Å²) in [5, 5.41) is 6.77. The Balaban J connectivity index is 1.50. The summed E-state index contributed by atoms with van der Waals surface area (Å²) in [6.45, 7) is 2.02. The lowest BCUT2D eigenvalue weighted by Gasteiger charge is -2.17. The number of nitrogens with one attached hydrogen (secondary N) is 1. The molecule has 0 spiro atoms. The van der Waals surface area contributed by atoms with E-state index in [1.165, 1.54) is 0 Å². The van der Waals surface area contributed by atoms with Crippen molar-refractivity contribution in [2.75, 3.05) is 23.9 Å². The van der Waals surface area contributed by atoms with Gasteiger partial charge in [-0.2, -0.15) is 4.98 Å². The Morgan fingerprint density at radius 3 is 2.83 bits per heavy atom. The molecule has 29 heavy (non-hydrogen) atoms. The normalized spacial score (nSPS) is 16.1. The predicted octanol–water partition coefficient (Wildman–Crippen LogP) is 3.05. The van der Waals surface area contributed by atoms with Crippen molar-refractivity contribution in [3.8, 4) is 17.1 Å². The lowest BCUT2D eigenvalue weighted by molar-refractivity contribution is -0.122.